The molecule has 0 aliphatic rings. The molecule has 0 fully saturated rings. The van der Waals surface area contributed by atoms with E-state index in [1.165, 1.54) is 0 Å². The second-order valence-electron chi connectivity index (χ2n) is 3.61. The van der Waals surface area contributed by atoms with Gasteiger partial charge in [-0.25, -0.2) is 0 Å². The van der Waals surface area contributed by atoms with Gasteiger partial charge < -0.3 is 11.5 Å². The number of nitrogens with two attached hydrogens (primary N) is 2. The van der Waals surface area contributed by atoms with Crippen molar-refractivity contribution in [3.05, 3.63) is 22.8 Å². The normalized spacial score (nSPS) is 10.6. The average Bonchev–Trinajstić information content (AvgIpc) is 2.21. The Morgan fingerprint density at radius 2 is 1.67 bits per heavy atom. The molecule has 0 atom stereocenters. The van der Waals surface area contributed by atoms with Crippen molar-refractivity contribution in [3.8, 4) is 0 Å². The highest BCUT2D eigenvalue weighted by Gasteiger charge is 2.10. The zero-order valence-corrected chi connectivity index (χ0v) is 10.7. The van der Waals surface area contributed by atoms with E-state index in [1.807, 2.05) is 6.92 Å². The van der Waals surface area contributed by atoms with Gasteiger partial charge in [0.15, 0.2) is 0 Å². The summed E-state index contributed by atoms with van der Waals surface area (Å²) < 4.78 is 0. The molecule has 0 heterocycles. The van der Waals surface area contributed by atoms with Crippen molar-refractivity contribution < 1.29 is 0 Å². The Kier molecular flexibility index (Phi) is 4.67. The number of thiol groups is 2. The van der Waals surface area contributed by atoms with Crippen LogP contribution >= 0.6 is 25.3 Å². The molecule has 0 aliphatic carbocycles. The Balaban J connectivity index is 3.22. The molecule has 0 saturated heterocycles. The van der Waals surface area contributed by atoms with E-state index in [4.69, 9.17) is 11.5 Å². The van der Waals surface area contributed by atoms with Crippen molar-refractivity contribution in [3.63, 3.8) is 0 Å². The first-order chi connectivity index (χ1) is 7.11. The van der Waals surface area contributed by atoms with Crippen LogP contribution < -0.4 is 11.5 Å². The van der Waals surface area contributed by atoms with Crippen molar-refractivity contribution in [2.24, 2.45) is 0 Å². The van der Waals surface area contributed by atoms with E-state index in [0.717, 1.165) is 52.4 Å². The third-order valence-corrected chi connectivity index (χ3v) is 3.00. The summed E-state index contributed by atoms with van der Waals surface area (Å²) in [6.07, 6.45) is 1.71. The molecule has 0 aliphatic heterocycles. The summed E-state index contributed by atoms with van der Waals surface area (Å²) in [5.74, 6) is 1.56. The van der Waals surface area contributed by atoms with E-state index in [9.17, 15) is 0 Å². The van der Waals surface area contributed by atoms with E-state index >= 15 is 0 Å². The molecule has 84 valence electrons. The largest absolute Gasteiger partial charge is 0.398 e. The molecule has 4 heteroatoms. The Hall–Kier alpha value is -0.480. The number of aryl methyl sites for hydroxylation is 2. The van der Waals surface area contributed by atoms with Crippen LogP contribution in [0.4, 0.5) is 11.4 Å². The van der Waals surface area contributed by atoms with Crippen LogP contribution in [0.2, 0.25) is 0 Å². The number of anilines is 2. The van der Waals surface area contributed by atoms with Crippen LogP contribution in [-0.2, 0) is 12.8 Å². The Morgan fingerprint density at radius 3 is 2.20 bits per heavy atom. The van der Waals surface area contributed by atoms with Crippen molar-refractivity contribution in [2.45, 2.75) is 19.8 Å². The van der Waals surface area contributed by atoms with Gasteiger partial charge in [-0.1, -0.05) is 6.07 Å². The van der Waals surface area contributed by atoms with Crippen LogP contribution in [-0.4, -0.2) is 11.5 Å². The van der Waals surface area contributed by atoms with E-state index < -0.39 is 0 Å². The fraction of sp³-hybridized carbons (Fsp3) is 0.455. The number of nitrogen functional groups attached to an aromatic ring is 2. The lowest BCUT2D eigenvalue weighted by molar-refractivity contribution is 1.11. The molecule has 2 nitrogen and oxygen atoms in total. The first kappa shape index (κ1) is 12.6. The molecule has 1 rings (SSSR count). The first-order valence-electron chi connectivity index (χ1n) is 4.99. The molecule has 0 spiro atoms. The maximum Gasteiger partial charge on any atom is 0.0400 e. The lowest BCUT2D eigenvalue weighted by atomic mass is 9.98. The zero-order valence-electron chi connectivity index (χ0n) is 8.95. The average molecular weight is 242 g/mol. The van der Waals surface area contributed by atoms with Gasteiger partial charge in [-0.15, -0.1) is 0 Å². The molecule has 0 saturated carbocycles. The van der Waals surface area contributed by atoms with E-state index in [2.05, 4.69) is 31.3 Å². The fourth-order valence-corrected chi connectivity index (χ4v) is 2.17. The maximum absolute atomic E-state index is 6.08. The van der Waals surface area contributed by atoms with Gasteiger partial charge in [0.2, 0.25) is 0 Å². The van der Waals surface area contributed by atoms with Gasteiger partial charge in [-0.2, -0.15) is 25.3 Å². The molecule has 15 heavy (non-hydrogen) atoms. The smallest absolute Gasteiger partial charge is 0.0400 e. The second kappa shape index (κ2) is 5.56. The van der Waals surface area contributed by atoms with Crippen LogP contribution in [0.1, 0.15) is 16.7 Å². The van der Waals surface area contributed by atoms with Gasteiger partial charge in [0.05, 0.1) is 0 Å². The minimum absolute atomic E-state index is 0.762. The number of hydrogen-bond donors (Lipinski definition) is 4. The fourth-order valence-electron chi connectivity index (χ4n) is 1.70. The van der Waals surface area contributed by atoms with Crippen molar-refractivity contribution in [2.75, 3.05) is 23.0 Å². The monoisotopic (exact) mass is 242 g/mol. The van der Waals surface area contributed by atoms with Crippen LogP contribution in [0.25, 0.3) is 0 Å². The molecule has 0 aromatic heterocycles. The standard InChI is InChI=1S/C11H18N2S2/c1-7-6-8(2-4-14)11(13)9(3-5-15)10(7)12/h6,14-15H,2-5,12-13H2,1H3. The molecule has 0 bridgehead atoms. The first-order valence-corrected chi connectivity index (χ1v) is 6.26. The van der Waals surface area contributed by atoms with Crippen molar-refractivity contribution >= 4 is 36.6 Å². The zero-order chi connectivity index (χ0) is 11.4. The highest BCUT2D eigenvalue weighted by molar-refractivity contribution is 7.80. The molecular formula is C11H18N2S2. The summed E-state index contributed by atoms with van der Waals surface area (Å²) in [5, 5.41) is 0. The summed E-state index contributed by atoms with van der Waals surface area (Å²) in [4.78, 5) is 0. The predicted octanol–water partition coefficient (Wildman–Crippen LogP) is 2.10. The molecule has 0 radical (unpaired) electrons. The number of hydrogen-bond acceptors (Lipinski definition) is 4. The molecule has 1 aromatic carbocycles. The maximum atomic E-state index is 6.08. The van der Waals surface area contributed by atoms with Gasteiger partial charge in [0.1, 0.15) is 0 Å². The summed E-state index contributed by atoms with van der Waals surface area (Å²) in [5.41, 5.74) is 17.0. The van der Waals surface area contributed by atoms with Crippen molar-refractivity contribution in [1.29, 1.82) is 0 Å². The number of rotatable bonds is 4. The lowest BCUT2D eigenvalue weighted by Crippen LogP contribution is -2.07. The SMILES string of the molecule is Cc1cc(CCS)c(N)c(CCS)c1N. The molecular weight excluding hydrogens is 224 g/mol. The van der Waals surface area contributed by atoms with Gasteiger partial charge in [-0.05, 0) is 48.0 Å². The number of benzene rings is 1. The highest BCUT2D eigenvalue weighted by Crippen LogP contribution is 2.28. The summed E-state index contributed by atoms with van der Waals surface area (Å²) in [6.45, 7) is 2.01. The lowest BCUT2D eigenvalue weighted by Gasteiger charge is -2.15. The summed E-state index contributed by atoms with van der Waals surface area (Å²) >= 11 is 8.44. The van der Waals surface area contributed by atoms with Gasteiger partial charge in [0.25, 0.3) is 0 Å². The van der Waals surface area contributed by atoms with E-state index in [-0.39, 0.29) is 0 Å². The Labute approximate surface area is 102 Å². The molecule has 0 amide bonds. The predicted molar refractivity (Wildman–Crippen MR) is 75.1 cm³/mol. The van der Waals surface area contributed by atoms with Gasteiger partial charge in [-0.3, -0.25) is 0 Å². The Morgan fingerprint density at radius 1 is 1.07 bits per heavy atom. The van der Waals surface area contributed by atoms with Crippen LogP contribution in [0.3, 0.4) is 0 Å². The van der Waals surface area contributed by atoms with Gasteiger partial charge >= 0.3 is 0 Å². The van der Waals surface area contributed by atoms with E-state index in [0.29, 0.717) is 0 Å². The summed E-state index contributed by atoms with van der Waals surface area (Å²) in [6, 6.07) is 2.06. The third kappa shape index (κ3) is 2.75. The van der Waals surface area contributed by atoms with Crippen molar-refractivity contribution in [1.82, 2.24) is 0 Å². The van der Waals surface area contributed by atoms with E-state index in [1.54, 1.807) is 0 Å². The molecule has 4 N–H and O–H groups in total. The minimum atomic E-state index is 0.762. The third-order valence-electron chi connectivity index (χ3n) is 2.55. The summed E-state index contributed by atoms with van der Waals surface area (Å²) in [7, 11) is 0. The Bertz CT molecular complexity index is 351. The second-order valence-corrected chi connectivity index (χ2v) is 4.50. The van der Waals surface area contributed by atoms with Crippen LogP contribution in [0, 0.1) is 6.92 Å². The minimum Gasteiger partial charge on any atom is -0.398 e. The van der Waals surface area contributed by atoms with Gasteiger partial charge in [0, 0.05) is 11.4 Å². The van der Waals surface area contributed by atoms with Crippen LogP contribution in [0.5, 0.6) is 0 Å². The topological polar surface area (TPSA) is 52.0 Å². The molecule has 1 aromatic rings. The highest BCUT2D eigenvalue weighted by atomic mass is 32.1. The molecule has 0 unspecified atom stereocenters. The quantitative estimate of drug-likeness (QED) is 0.483. The van der Waals surface area contributed by atoms with Crippen LogP contribution in [0.15, 0.2) is 6.07 Å².